The van der Waals surface area contributed by atoms with E-state index in [1.165, 1.54) is 32.2 Å². The second-order valence-electron chi connectivity index (χ2n) is 6.18. The summed E-state index contributed by atoms with van der Waals surface area (Å²) >= 11 is 5.96. The topological polar surface area (TPSA) is 102 Å². The van der Waals surface area contributed by atoms with E-state index in [-0.39, 0.29) is 17.4 Å². The van der Waals surface area contributed by atoms with Gasteiger partial charge in [0, 0.05) is 23.7 Å². The number of methoxy groups -OCH3 is 1. The third-order valence-electron chi connectivity index (χ3n) is 4.18. The van der Waals surface area contributed by atoms with E-state index in [1.54, 1.807) is 12.1 Å². The third-order valence-corrected chi connectivity index (χ3v) is 4.50. The van der Waals surface area contributed by atoms with E-state index in [4.69, 9.17) is 30.8 Å². The highest BCUT2D eigenvalue weighted by Gasteiger charge is 2.26. The lowest BCUT2D eigenvalue weighted by atomic mass is 10.1. The van der Waals surface area contributed by atoms with Gasteiger partial charge in [-0.2, -0.15) is 5.26 Å². The zero-order valence-electron chi connectivity index (χ0n) is 15.7. The summed E-state index contributed by atoms with van der Waals surface area (Å²) < 4.78 is 16.1. The summed E-state index contributed by atoms with van der Waals surface area (Å²) in [7, 11) is 1.51. The van der Waals surface area contributed by atoms with Gasteiger partial charge in [-0.05, 0) is 31.2 Å². The second-order valence-corrected chi connectivity index (χ2v) is 6.59. The molecule has 0 radical (unpaired) electrons. The number of nitrogens with one attached hydrogen (secondary N) is 1. The summed E-state index contributed by atoms with van der Waals surface area (Å²) in [6.07, 6.45) is -1.10. The van der Waals surface area contributed by atoms with Gasteiger partial charge in [0.1, 0.15) is 11.7 Å². The number of nitriles is 1. The first-order valence-corrected chi connectivity index (χ1v) is 9.03. The predicted molar refractivity (Wildman–Crippen MR) is 107 cm³/mol. The summed E-state index contributed by atoms with van der Waals surface area (Å²) in [5.41, 5.74) is 1.75. The Balaban J connectivity index is 1.74. The summed E-state index contributed by atoms with van der Waals surface area (Å²) in [6, 6.07) is 13.6. The molecule has 0 spiro atoms. The average molecular weight is 413 g/mol. The molecule has 8 heteroatoms. The van der Waals surface area contributed by atoms with Gasteiger partial charge in [0.25, 0.3) is 5.91 Å². The quantitative estimate of drug-likeness (QED) is 0.606. The minimum atomic E-state index is -1.10. The molecule has 2 aromatic carbocycles. The number of rotatable bonds is 6. The van der Waals surface area contributed by atoms with E-state index in [1.807, 2.05) is 18.2 Å². The summed E-state index contributed by atoms with van der Waals surface area (Å²) in [5.74, 6) is -1.33. The van der Waals surface area contributed by atoms with Crippen LogP contribution in [0.4, 0.5) is 5.69 Å². The molecule has 7 nitrogen and oxygen atoms in total. The lowest BCUT2D eigenvalue weighted by molar-refractivity contribution is -0.123. The Labute approximate surface area is 171 Å². The number of carbonyl (C=O) groups is 2. The Morgan fingerprint density at radius 3 is 2.72 bits per heavy atom. The lowest BCUT2D eigenvalue weighted by Crippen LogP contribution is -2.30. The number of benzene rings is 2. The second kappa shape index (κ2) is 8.78. The molecule has 1 amide bonds. The Morgan fingerprint density at radius 2 is 2.03 bits per heavy atom. The first-order valence-electron chi connectivity index (χ1n) is 8.65. The molecule has 0 saturated heterocycles. The molecule has 3 rings (SSSR count). The summed E-state index contributed by atoms with van der Waals surface area (Å²) in [5, 5.41) is 12.4. The molecule has 0 saturated carbocycles. The number of hydrogen-bond donors (Lipinski definition) is 1. The van der Waals surface area contributed by atoms with Crippen molar-refractivity contribution in [1.29, 1.82) is 5.26 Å². The Kier molecular flexibility index (Phi) is 6.17. The first-order chi connectivity index (χ1) is 13.9. The van der Waals surface area contributed by atoms with Crippen LogP contribution in [0.2, 0.25) is 5.02 Å². The standard InChI is InChI=1S/C21H17ClN2O5/c1-12(20(25)24-14-8-7-13(10-23)17(22)9-14)28-21(26)19-16(11-27-2)15-5-3-4-6-18(15)29-19/h3-9,12H,11H2,1-2H3,(H,24,25). The van der Waals surface area contributed by atoms with E-state index in [2.05, 4.69) is 5.32 Å². The SMILES string of the molecule is COCc1c(C(=O)OC(C)C(=O)Nc2ccc(C#N)c(Cl)c2)oc2ccccc12. The molecule has 0 aliphatic rings. The number of para-hydroxylation sites is 1. The van der Waals surface area contributed by atoms with E-state index in [0.717, 1.165) is 5.39 Å². The van der Waals surface area contributed by atoms with Crippen LogP contribution in [-0.4, -0.2) is 25.1 Å². The van der Waals surface area contributed by atoms with Crippen LogP contribution in [0.5, 0.6) is 0 Å². The number of furan rings is 1. The van der Waals surface area contributed by atoms with Crippen LogP contribution in [0.15, 0.2) is 46.9 Å². The molecular weight excluding hydrogens is 396 g/mol. The highest BCUT2D eigenvalue weighted by molar-refractivity contribution is 6.32. The number of anilines is 1. The Hall–Kier alpha value is -3.34. The van der Waals surface area contributed by atoms with Crippen molar-refractivity contribution in [3.05, 3.63) is 64.4 Å². The smallest absolute Gasteiger partial charge is 0.375 e. The lowest BCUT2D eigenvalue weighted by Gasteiger charge is -2.13. The van der Waals surface area contributed by atoms with Crippen molar-refractivity contribution in [3.8, 4) is 6.07 Å². The maximum absolute atomic E-state index is 12.6. The molecule has 1 unspecified atom stereocenters. The molecule has 148 valence electrons. The van der Waals surface area contributed by atoms with E-state index < -0.39 is 18.0 Å². The molecule has 3 aromatic rings. The highest BCUT2D eigenvalue weighted by Crippen LogP contribution is 2.27. The van der Waals surface area contributed by atoms with Gasteiger partial charge in [0.15, 0.2) is 6.10 Å². The monoisotopic (exact) mass is 412 g/mol. The van der Waals surface area contributed by atoms with Crippen molar-refractivity contribution in [2.75, 3.05) is 12.4 Å². The molecular formula is C21H17ClN2O5. The molecule has 0 fully saturated rings. The number of carbonyl (C=O) groups excluding carboxylic acids is 2. The number of hydrogen-bond acceptors (Lipinski definition) is 6. The van der Waals surface area contributed by atoms with Gasteiger partial charge in [-0.1, -0.05) is 29.8 Å². The molecule has 0 bridgehead atoms. The zero-order valence-corrected chi connectivity index (χ0v) is 16.4. The Morgan fingerprint density at radius 1 is 1.28 bits per heavy atom. The normalized spacial score (nSPS) is 11.7. The van der Waals surface area contributed by atoms with Crippen molar-refractivity contribution in [2.24, 2.45) is 0 Å². The third kappa shape index (κ3) is 4.40. The molecule has 1 heterocycles. The van der Waals surface area contributed by atoms with Crippen molar-refractivity contribution in [3.63, 3.8) is 0 Å². The van der Waals surface area contributed by atoms with Crippen LogP contribution < -0.4 is 5.32 Å². The average Bonchev–Trinajstić information content (AvgIpc) is 3.07. The molecule has 0 aliphatic heterocycles. The van der Waals surface area contributed by atoms with Crippen LogP contribution in [-0.2, 0) is 20.9 Å². The van der Waals surface area contributed by atoms with Gasteiger partial charge in [-0.25, -0.2) is 4.79 Å². The van der Waals surface area contributed by atoms with Gasteiger partial charge in [-0.15, -0.1) is 0 Å². The predicted octanol–water partition coefficient (Wildman–Crippen LogP) is 4.29. The number of esters is 1. The first kappa shape index (κ1) is 20.4. The number of nitrogens with zero attached hydrogens (tertiary/aromatic N) is 1. The fourth-order valence-corrected chi connectivity index (χ4v) is 2.97. The zero-order chi connectivity index (χ0) is 21.0. The number of amides is 1. The fraction of sp³-hybridized carbons (Fsp3) is 0.190. The van der Waals surface area contributed by atoms with Crippen molar-refractivity contribution in [2.45, 2.75) is 19.6 Å². The molecule has 1 N–H and O–H groups in total. The van der Waals surface area contributed by atoms with Crippen LogP contribution >= 0.6 is 11.6 Å². The van der Waals surface area contributed by atoms with Crippen LogP contribution in [0, 0.1) is 11.3 Å². The fourth-order valence-electron chi connectivity index (χ4n) is 2.75. The van der Waals surface area contributed by atoms with Crippen molar-refractivity contribution < 1.29 is 23.5 Å². The molecule has 1 atom stereocenters. The van der Waals surface area contributed by atoms with Crippen molar-refractivity contribution in [1.82, 2.24) is 0 Å². The maximum Gasteiger partial charge on any atom is 0.375 e. The maximum atomic E-state index is 12.6. The van der Waals surface area contributed by atoms with E-state index >= 15 is 0 Å². The number of halogens is 1. The van der Waals surface area contributed by atoms with E-state index in [0.29, 0.717) is 22.4 Å². The van der Waals surface area contributed by atoms with Crippen LogP contribution in [0.1, 0.15) is 28.6 Å². The Bertz CT molecular complexity index is 1120. The van der Waals surface area contributed by atoms with E-state index in [9.17, 15) is 9.59 Å². The number of ether oxygens (including phenoxy) is 2. The van der Waals surface area contributed by atoms with Gasteiger partial charge >= 0.3 is 5.97 Å². The van der Waals surface area contributed by atoms with Crippen molar-refractivity contribution >= 4 is 40.1 Å². The largest absolute Gasteiger partial charge is 0.449 e. The van der Waals surface area contributed by atoms with Crippen LogP contribution in [0.25, 0.3) is 11.0 Å². The van der Waals surface area contributed by atoms with Gasteiger partial charge < -0.3 is 19.2 Å². The van der Waals surface area contributed by atoms with Crippen LogP contribution in [0.3, 0.4) is 0 Å². The summed E-state index contributed by atoms with van der Waals surface area (Å²) in [6.45, 7) is 1.60. The minimum Gasteiger partial charge on any atom is -0.449 e. The molecule has 0 aliphatic carbocycles. The van der Waals surface area contributed by atoms with Gasteiger partial charge in [0.2, 0.25) is 5.76 Å². The van der Waals surface area contributed by atoms with Gasteiger partial charge in [0.05, 0.1) is 17.2 Å². The highest BCUT2D eigenvalue weighted by atomic mass is 35.5. The minimum absolute atomic E-state index is 0.00545. The molecule has 29 heavy (non-hydrogen) atoms. The van der Waals surface area contributed by atoms with Gasteiger partial charge in [-0.3, -0.25) is 4.79 Å². The number of fused-ring (bicyclic) bond motifs is 1. The molecule has 1 aromatic heterocycles. The summed E-state index contributed by atoms with van der Waals surface area (Å²) in [4.78, 5) is 25.0.